The number of amidine groups is 1. The highest BCUT2D eigenvalue weighted by Gasteiger charge is 2.19. The molecule has 2 aromatic carbocycles. The van der Waals surface area contributed by atoms with E-state index >= 15 is 0 Å². The molecule has 5 heteroatoms. The van der Waals surface area contributed by atoms with Crippen LogP contribution in [0.4, 0.5) is 4.39 Å². The molecule has 0 spiro atoms. The van der Waals surface area contributed by atoms with E-state index in [0.29, 0.717) is 6.42 Å². The fourth-order valence-corrected chi connectivity index (χ4v) is 3.82. The van der Waals surface area contributed by atoms with Crippen molar-refractivity contribution >= 4 is 27.9 Å². The largest absolute Gasteiger partial charge is 0.464 e. The summed E-state index contributed by atoms with van der Waals surface area (Å²) in [6, 6.07) is 14.8. The zero-order chi connectivity index (χ0) is 16.4. The lowest BCUT2D eigenvalue weighted by Crippen LogP contribution is -2.27. The van der Waals surface area contributed by atoms with Gasteiger partial charge in [0, 0.05) is 11.1 Å². The van der Waals surface area contributed by atoms with Gasteiger partial charge in [0.1, 0.15) is 11.4 Å². The van der Waals surface area contributed by atoms with E-state index in [9.17, 15) is 4.39 Å². The number of thioether (sulfide) groups is 1. The lowest BCUT2D eigenvalue weighted by molar-refractivity contribution is 0.611. The fraction of sp³-hybridized carbons (Fsp3) is 0.211. The normalized spacial score (nSPS) is 15.5. The van der Waals surface area contributed by atoms with E-state index in [1.165, 1.54) is 6.07 Å². The van der Waals surface area contributed by atoms with Gasteiger partial charge >= 0.3 is 0 Å². The number of aliphatic imine (C=N–C) groups is 1. The first-order valence-electron chi connectivity index (χ1n) is 7.94. The molecular weight excluding hydrogens is 323 g/mol. The lowest BCUT2D eigenvalue weighted by Gasteiger charge is -2.21. The Morgan fingerprint density at radius 2 is 2.12 bits per heavy atom. The van der Waals surface area contributed by atoms with Gasteiger partial charge in [-0.2, -0.15) is 0 Å². The van der Waals surface area contributed by atoms with Gasteiger partial charge < -0.3 is 9.73 Å². The fourth-order valence-electron chi connectivity index (χ4n) is 3.03. The Morgan fingerprint density at radius 3 is 2.96 bits per heavy atom. The summed E-state index contributed by atoms with van der Waals surface area (Å²) in [5.74, 6) is 0.797. The maximum Gasteiger partial charge on any atom is 0.157 e. The van der Waals surface area contributed by atoms with Gasteiger partial charge in [-0.25, -0.2) is 4.39 Å². The van der Waals surface area contributed by atoms with E-state index in [2.05, 4.69) is 16.4 Å². The van der Waals surface area contributed by atoms with Crippen molar-refractivity contribution in [3.05, 3.63) is 71.7 Å². The van der Waals surface area contributed by atoms with Crippen molar-refractivity contribution < 1.29 is 8.81 Å². The molecule has 4 rings (SSSR count). The molecule has 2 heterocycles. The number of nitrogens with one attached hydrogen (secondary N) is 1. The van der Waals surface area contributed by atoms with Crippen LogP contribution < -0.4 is 5.32 Å². The van der Waals surface area contributed by atoms with E-state index in [1.807, 2.05) is 24.3 Å². The Morgan fingerprint density at radius 1 is 1.21 bits per heavy atom. The number of hydrogen-bond acceptors (Lipinski definition) is 4. The molecule has 1 unspecified atom stereocenters. The maximum absolute atomic E-state index is 13.6. The van der Waals surface area contributed by atoms with Crippen LogP contribution in [0.3, 0.4) is 0 Å². The number of halogens is 1. The van der Waals surface area contributed by atoms with Crippen molar-refractivity contribution in [2.24, 2.45) is 4.99 Å². The van der Waals surface area contributed by atoms with E-state index in [-0.39, 0.29) is 11.9 Å². The summed E-state index contributed by atoms with van der Waals surface area (Å²) in [5.41, 5.74) is 2.96. The molecule has 0 fully saturated rings. The molecule has 3 aromatic rings. The molecule has 3 nitrogen and oxygen atoms in total. The van der Waals surface area contributed by atoms with Crippen LogP contribution in [0, 0.1) is 5.82 Å². The van der Waals surface area contributed by atoms with Crippen LogP contribution in [0.15, 0.2) is 64.2 Å². The van der Waals surface area contributed by atoms with Crippen molar-refractivity contribution in [1.29, 1.82) is 0 Å². The summed E-state index contributed by atoms with van der Waals surface area (Å²) in [6.45, 7) is 0.843. The summed E-state index contributed by atoms with van der Waals surface area (Å²) in [5, 5.41) is 5.57. The minimum Gasteiger partial charge on any atom is -0.464 e. The second-order valence-electron chi connectivity index (χ2n) is 5.75. The first-order valence-corrected chi connectivity index (χ1v) is 8.92. The van der Waals surface area contributed by atoms with Gasteiger partial charge in [-0.05, 0) is 41.8 Å². The lowest BCUT2D eigenvalue weighted by atomic mass is 9.96. The van der Waals surface area contributed by atoms with Crippen molar-refractivity contribution in [2.45, 2.75) is 12.5 Å². The number of fused-ring (bicyclic) bond motifs is 1. The van der Waals surface area contributed by atoms with Gasteiger partial charge in [-0.1, -0.05) is 36.0 Å². The van der Waals surface area contributed by atoms with Crippen LogP contribution in [0.1, 0.15) is 17.2 Å². The van der Waals surface area contributed by atoms with Crippen molar-refractivity contribution in [3.63, 3.8) is 0 Å². The van der Waals surface area contributed by atoms with Crippen molar-refractivity contribution in [3.8, 4) is 0 Å². The minimum atomic E-state index is -0.208. The summed E-state index contributed by atoms with van der Waals surface area (Å²) in [7, 11) is 0. The van der Waals surface area contributed by atoms with E-state index in [0.717, 1.165) is 39.6 Å². The van der Waals surface area contributed by atoms with Gasteiger partial charge in [0.2, 0.25) is 0 Å². The first-order chi connectivity index (χ1) is 11.8. The highest BCUT2D eigenvalue weighted by atomic mass is 32.2. The summed E-state index contributed by atoms with van der Waals surface area (Å²) in [4.78, 5) is 4.50. The molecule has 122 valence electrons. The van der Waals surface area contributed by atoms with Crippen LogP contribution in [0.25, 0.3) is 11.0 Å². The third-order valence-corrected chi connectivity index (χ3v) is 5.02. The zero-order valence-electron chi connectivity index (χ0n) is 13.0. The Hall–Kier alpha value is -2.27. The molecule has 0 aliphatic carbocycles. The average molecular weight is 340 g/mol. The van der Waals surface area contributed by atoms with Gasteiger partial charge in [-0.15, -0.1) is 0 Å². The summed E-state index contributed by atoms with van der Waals surface area (Å²) >= 11 is 1.73. The van der Waals surface area contributed by atoms with Crippen LogP contribution in [0.5, 0.6) is 0 Å². The Labute approximate surface area is 144 Å². The van der Waals surface area contributed by atoms with Gasteiger partial charge in [0.05, 0.1) is 18.8 Å². The molecule has 1 aromatic heterocycles. The number of hydrogen-bond donors (Lipinski definition) is 1. The standard InChI is InChI=1S/C19H17FN2OS/c20-14-4-1-3-13(11-14)12-17(22-19-21-8-10-24-19)15-5-2-6-18-16(15)7-9-23-18/h1-7,9,11,17H,8,10,12H2,(H,21,22). The smallest absolute Gasteiger partial charge is 0.157 e. The molecule has 0 radical (unpaired) electrons. The predicted octanol–water partition coefficient (Wildman–Crippen LogP) is 4.55. The quantitative estimate of drug-likeness (QED) is 0.757. The average Bonchev–Trinajstić information content (AvgIpc) is 3.25. The highest BCUT2D eigenvalue weighted by Crippen LogP contribution is 2.29. The molecule has 0 saturated carbocycles. The number of furan rings is 1. The number of rotatable bonds is 4. The molecule has 1 aliphatic heterocycles. The molecular formula is C19H17FN2OS. The predicted molar refractivity (Wildman–Crippen MR) is 97.0 cm³/mol. The van der Waals surface area contributed by atoms with Gasteiger partial charge in [-0.3, -0.25) is 4.99 Å². The van der Waals surface area contributed by atoms with E-state index in [4.69, 9.17) is 4.42 Å². The van der Waals surface area contributed by atoms with Crippen LogP contribution in [-0.2, 0) is 6.42 Å². The Bertz CT molecular complexity index is 890. The number of nitrogens with zero attached hydrogens (tertiary/aromatic N) is 1. The third-order valence-electron chi connectivity index (χ3n) is 4.12. The Kier molecular flexibility index (Phi) is 4.26. The van der Waals surface area contributed by atoms with Crippen LogP contribution in [-0.4, -0.2) is 17.5 Å². The van der Waals surface area contributed by atoms with E-state index in [1.54, 1.807) is 30.2 Å². The van der Waals surface area contributed by atoms with Crippen molar-refractivity contribution in [2.75, 3.05) is 12.3 Å². The topological polar surface area (TPSA) is 37.5 Å². The third kappa shape index (κ3) is 3.17. The molecule has 24 heavy (non-hydrogen) atoms. The van der Waals surface area contributed by atoms with Crippen molar-refractivity contribution in [1.82, 2.24) is 5.32 Å². The summed E-state index contributed by atoms with van der Waals surface area (Å²) in [6.07, 6.45) is 2.39. The SMILES string of the molecule is Fc1cccc(CC(NC2=NCCS2)c2cccc3occc23)c1. The molecule has 0 amide bonds. The van der Waals surface area contributed by atoms with E-state index < -0.39 is 0 Å². The molecule has 1 atom stereocenters. The second kappa shape index (κ2) is 6.69. The number of benzene rings is 2. The zero-order valence-corrected chi connectivity index (χ0v) is 13.9. The monoisotopic (exact) mass is 340 g/mol. The van der Waals surface area contributed by atoms with Gasteiger partial charge in [0.25, 0.3) is 0 Å². The second-order valence-corrected chi connectivity index (χ2v) is 6.83. The highest BCUT2D eigenvalue weighted by molar-refractivity contribution is 8.14. The first kappa shape index (κ1) is 15.3. The molecule has 1 N–H and O–H groups in total. The van der Waals surface area contributed by atoms with Gasteiger partial charge in [0.15, 0.2) is 5.17 Å². The molecule has 0 saturated heterocycles. The molecule has 1 aliphatic rings. The van der Waals surface area contributed by atoms with Crippen LogP contribution in [0.2, 0.25) is 0 Å². The molecule has 0 bridgehead atoms. The summed E-state index contributed by atoms with van der Waals surface area (Å²) < 4.78 is 19.1. The van der Waals surface area contributed by atoms with Crippen LogP contribution >= 0.6 is 11.8 Å². The maximum atomic E-state index is 13.6. The Balaban J connectivity index is 1.70. The minimum absolute atomic E-state index is 0.0115.